The first-order chi connectivity index (χ1) is 13.5. The maximum absolute atomic E-state index is 12.3. The molecule has 2 heterocycles. The monoisotopic (exact) mass is 413 g/mol. The van der Waals surface area contributed by atoms with Gasteiger partial charge in [-0.1, -0.05) is 39.0 Å². The predicted octanol–water partition coefficient (Wildman–Crippen LogP) is 5.69. The molecule has 2 aliphatic carbocycles. The van der Waals surface area contributed by atoms with Crippen LogP contribution in [-0.2, 0) is 21.7 Å². The highest BCUT2D eigenvalue weighted by Gasteiger charge is 2.58. The Balaban J connectivity index is 1.41. The minimum Gasteiger partial charge on any atom is -0.461 e. The van der Waals surface area contributed by atoms with E-state index in [1.807, 2.05) is 23.1 Å². The van der Waals surface area contributed by atoms with Crippen molar-refractivity contribution in [1.29, 1.82) is 0 Å². The van der Waals surface area contributed by atoms with Crippen molar-refractivity contribution in [3.8, 4) is 0 Å². The summed E-state index contributed by atoms with van der Waals surface area (Å²) in [6.45, 7) is 6.78. The van der Waals surface area contributed by atoms with E-state index in [9.17, 15) is 4.79 Å². The molecule has 5 rings (SSSR count). The lowest BCUT2D eigenvalue weighted by Gasteiger charge is -2.51. The molecule has 1 saturated carbocycles. The second-order valence-corrected chi connectivity index (χ2v) is 11.3. The number of rotatable bonds is 3. The van der Waals surface area contributed by atoms with Gasteiger partial charge in [0.25, 0.3) is 0 Å². The summed E-state index contributed by atoms with van der Waals surface area (Å²) >= 11 is 3.76. The Kier molecular flexibility index (Phi) is 4.59. The van der Waals surface area contributed by atoms with Crippen LogP contribution in [0.1, 0.15) is 55.1 Å². The topological polar surface area (TPSA) is 39.2 Å². The summed E-state index contributed by atoms with van der Waals surface area (Å²) in [7, 11) is 0. The Morgan fingerprint density at radius 2 is 2.04 bits per heavy atom. The summed E-state index contributed by atoms with van der Waals surface area (Å²) in [6.07, 6.45) is 3.46. The van der Waals surface area contributed by atoms with Crippen molar-refractivity contribution in [1.82, 2.24) is 4.98 Å². The highest BCUT2D eigenvalue weighted by Crippen LogP contribution is 2.59. The van der Waals surface area contributed by atoms with Crippen LogP contribution in [0.25, 0.3) is 0 Å². The Hall–Kier alpha value is -1.33. The number of ether oxygens (including phenoxy) is 1. The average molecular weight is 414 g/mol. The number of nitrogens with zero attached hydrogens (tertiary/aromatic N) is 1. The SMILES string of the molecule is C[C@@H]1C(=O)O[C@@H]2[C@H]1CC[C@]1(C)Cc3sc(CSc4ccccc4)nc3[C@H](C)[C@H]21. The molecule has 1 aromatic carbocycles. The van der Waals surface area contributed by atoms with Crippen molar-refractivity contribution in [3.05, 3.63) is 45.9 Å². The zero-order chi connectivity index (χ0) is 19.5. The number of thiazole rings is 1. The third-order valence-electron chi connectivity index (χ3n) is 7.31. The van der Waals surface area contributed by atoms with E-state index in [0.29, 0.717) is 17.8 Å². The fourth-order valence-electron chi connectivity index (χ4n) is 5.85. The van der Waals surface area contributed by atoms with Gasteiger partial charge in [-0.05, 0) is 36.8 Å². The summed E-state index contributed by atoms with van der Waals surface area (Å²) in [5, 5.41) is 1.22. The van der Waals surface area contributed by atoms with Crippen molar-refractivity contribution in [2.75, 3.05) is 0 Å². The van der Waals surface area contributed by atoms with E-state index >= 15 is 0 Å². The van der Waals surface area contributed by atoms with E-state index in [4.69, 9.17) is 9.72 Å². The molecule has 0 radical (unpaired) electrons. The number of hydrogen-bond donors (Lipinski definition) is 0. The second kappa shape index (κ2) is 6.88. The molecule has 1 aromatic heterocycles. The zero-order valence-corrected chi connectivity index (χ0v) is 18.3. The molecule has 2 fully saturated rings. The third-order valence-corrected chi connectivity index (χ3v) is 9.58. The van der Waals surface area contributed by atoms with E-state index in [1.165, 1.54) is 26.9 Å². The number of carbonyl (C=O) groups is 1. The summed E-state index contributed by atoms with van der Waals surface area (Å²) < 4.78 is 5.94. The van der Waals surface area contributed by atoms with Crippen LogP contribution >= 0.6 is 23.1 Å². The lowest BCUT2D eigenvalue weighted by Crippen LogP contribution is -2.50. The molecular formula is C23H27NO2S2. The van der Waals surface area contributed by atoms with Crippen molar-refractivity contribution in [3.63, 3.8) is 0 Å². The van der Waals surface area contributed by atoms with Crippen LogP contribution in [-0.4, -0.2) is 17.1 Å². The number of thioether (sulfide) groups is 1. The Morgan fingerprint density at radius 3 is 2.82 bits per heavy atom. The van der Waals surface area contributed by atoms with Crippen molar-refractivity contribution >= 4 is 29.1 Å². The summed E-state index contributed by atoms with van der Waals surface area (Å²) in [6, 6.07) is 10.5. The van der Waals surface area contributed by atoms with Crippen LogP contribution in [0.3, 0.4) is 0 Å². The summed E-state index contributed by atoms with van der Waals surface area (Å²) in [5.74, 6) is 2.12. The highest BCUT2D eigenvalue weighted by molar-refractivity contribution is 7.98. The molecule has 0 N–H and O–H groups in total. The molecule has 1 saturated heterocycles. The minimum absolute atomic E-state index is 0.00970. The standard InChI is InChI=1S/C23H27NO2S2/c1-13-16-9-10-23(3)11-17-20(14(2)19(23)21(16)26-22(13)25)24-18(28-17)12-27-15-7-5-4-6-8-15/h4-8,13-14,16,19,21H,9-12H2,1-3H3/t13-,14+,16-,19+,21+,23+/m0/s1. The highest BCUT2D eigenvalue weighted by atomic mass is 32.2. The van der Waals surface area contributed by atoms with Gasteiger partial charge in [-0.25, -0.2) is 4.98 Å². The molecule has 0 bridgehead atoms. The van der Waals surface area contributed by atoms with Crippen molar-refractivity contribution < 1.29 is 9.53 Å². The fraction of sp³-hybridized carbons (Fsp3) is 0.565. The Morgan fingerprint density at radius 1 is 1.25 bits per heavy atom. The molecule has 148 valence electrons. The van der Waals surface area contributed by atoms with Gasteiger partial charge in [0.1, 0.15) is 11.1 Å². The van der Waals surface area contributed by atoms with E-state index in [0.717, 1.165) is 18.6 Å². The quantitative estimate of drug-likeness (QED) is 0.479. The molecule has 28 heavy (non-hydrogen) atoms. The largest absolute Gasteiger partial charge is 0.461 e. The minimum atomic E-state index is 0.00970. The number of carbonyl (C=O) groups excluding carboxylic acids is 1. The third kappa shape index (κ3) is 2.93. The van der Waals surface area contributed by atoms with Gasteiger partial charge in [-0.15, -0.1) is 23.1 Å². The van der Waals surface area contributed by atoms with E-state index < -0.39 is 0 Å². The fourth-order valence-corrected chi connectivity index (χ4v) is 8.14. The van der Waals surface area contributed by atoms with Gasteiger partial charge >= 0.3 is 5.97 Å². The molecule has 3 aliphatic rings. The maximum atomic E-state index is 12.3. The molecule has 0 amide bonds. The molecule has 5 heteroatoms. The van der Waals surface area contributed by atoms with Crippen LogP contribution in [0.5, 0.6) is 0 Å². The Labute approximate surface area is 175 Å². The van der Waals surface area contributed by atoms with Gasteiger partial charge in [-0.3, -0.25) is 4.79 Å². The molecule has 0 unspecified atom stereocenters. The van der Waals surface area contributed by atoms with Crippen molar-refractivity contribution in [2.45, 2.75) is 62.7 Å². The molecule has 1 aliphatic heterocycles. The maximum Gasteiger partial charge on any atom is 0.309 e. The summed E-state index contributed by atoms with van der Waals surface area (Å²) in [4.78, 5) is 20.1. The molecule has 2 aromatic rings. The number of benzene rings is 1. The van der Waals surface area contributed by atoms with Crippen LogP contribution < -0.4 is 0 Å². The molecule has 3 nitrogen and oxygen atoms in total. The van der Waals surface area contributed by atoms with Gasteiger partial charge in [0, 0.05) is 27.5 Å². The first kappa shape index (κ1) is 18.7. The first-order valence-corrected chi connectivity index (χ1v) is 12.1. The normalized spacial score (nSPS) is 36.4. The average Bonchev–Trinajstić information content (AvgIpc) is 3.21. The molecule has 6 atom stereocenters. The van der Waals surface area contributed by atoms with Gasteiger partial charge < -0.3 is 4.74 Å². The van der Waals surface area contributed by atoms with Crippen LogP contribution in [0.15, 0.2) is 35.2 Å². The number of hydrogen-bond acceptors (Lipinski definition) is 5. The Bertz CT molecular complexity index is 895. The van der Waals surface area contributed by atoms with E-state index in [-0.39, 0.29) is 23.4 Å². The van der Waals surface area contributed by atoms with Gasteiger partial charge in [-0.2, -0.15) is 0 Å². The zero-order valence-electron chi connectivity index (χ0n) is 16.7. The van der Waals surface area contributed by atoms with E-state index in [1.54, 1.807) is 0 Å². The van der Waals surface area contributed by atoms with Gasteiger partial charge in [0.05, 0.1) is 17.4 Å². The lowest BCUT2D eigenvalue weighted by atomic mass is 9.54. The first-order valence-electron chi connectivity index (χ1n) is 10.3. The van der Waals surface area contributed by atoms with Gasteiger partial charge in [0.2, 0.25) is 0 Å². The number of esters is 1. The molecular weight excluding hydrogens is 386 g/mol. The van der Waals surface area contributed by atoms with Crippen LogP contribution in [0.2, 0.25) is 0 Å². The van der Waals surface area contributed by atoms with Crippen LogP contribution in [0.4, 0.5) is 0 Å². The predicted molar refractivity (Wildman–Crippen MR) is 114 cm³/mol. The van der Waals surface area contributed by atoms with E-state index in [2.05, 4.69) is 51.1 Å². The number of aromatic nitrogens is 1. The lowest BCUT2D eigenvalue weighted by molar-refractivity contribution is -0.149. The smallest absolute Gasteiger partial charge is 0.309 e. The van der Waals surface area contributed by atoms with Crippen molar-refractivity contribution in [2.24, 2.45) is 23.2 Å². The summed E-state index contributed by atoms with van der Waals surface area (Å²) in [5.41, 5.74) is 1.49. The molecule has 0 spiro atoms. The second-order valence-electron chi connectivity index (χ2n) is 9.06. The van der Waals surface area contributed by atoms with Gasteiger partial charge in [0.15, 0.2) is 0 Å². The van der Waals surface area contributed by atoms with Crippen LogP contribution in [0, 0.1) is 23.2 Å². The number of fused-ring (bicyclic) bond motifs is 4.